The molecular weight excluding hydrogens is 469 g/mol. The molecule has 1 saturated heterocycles. The highest BCUT2D eigenvalue weighted by molar-refractivity contribution is 7.99. The molecule has 1 aliphatic heterocycles. The SMILES string of the molecule is Cc1ccc(/C=C/c2nc(SCC(=O)N3CCN(S(=O)(=O)c4ccc(F)cc4)CC3)n[nH]2)o1. The number of aromatic nitrogens is 3. The number of nitrogens with one attached hydrogen (secondary N) is 1. The first-order valence-electron chi connectivity index (χ1n) is 10.1. The third-order valence-electron chi connectivity index (χ3n) is 5.02. The lowest BCUT2D eigenvalue weighted by Crippen LogP contribution is -2.50. The first kappa shape index (κ1) is 23.2. The molecule has 3 heterocycles. The van der Waals surface area contributed by atoms with E-state index in [1.165, 1.54) is 28.2 Å². The number of H-pyrrole nitrogens is 1. The molecule has 174 valence electrons. The molecule has 1 N–H and O–H groups in total. The van der Waals surface area contributed by atoms with E-state index in [9.17, 15) is 17.6 Å². The zero-order valence-electron chi connectivity index (χ0n) is 17.8. The van der Waals surface area contributed by atoms with Gasteiger partial charge in [-0.3, -0.25) is 9.89 Å². The van der Waals surface area contributed by atoms with Crippen molar-refractivity contribution in [3.05, 3.63) is 59.6 Å². The summed E-state index contributed by atoms with van der Waals surface area (Å²) in [4.78, 5) is 18.5. The van der Waals surface area contributed by atoms with Gasteiger partial charge in [0.1, 0.15) is 23.2 Å². The van der Waals surface area contributed by atoms with Crippen LogP contribution in [0.4, 0.5) is 4.39 Å². The number of rotatable bonds is 7. The van der Waals surface area contributed by atoms with Crippen LogP contribution in [0.25, 0.3) is 12.2 Å². The van der Waals surface area contributed by atoms with E-state index in [2.05, 4.69) is 15.2 Å². The number of hydrogen-bond acceptors (Lipinski definition) is 7. The smallest absolute Gasteiger partial charge is 0.243 e. The van der Waals surface area contributed by atoms with Crippen LogP contribution < -0.4 is 0 Å². The van der Waals surface area contributed by atoms with Crippen LogP contribution in [-0.2, 0) is 14.8 Å². The average Bonchev–Trinajstić information content (AvgIpc) is 3.45. The predicted molar refractivity (Wildman–Crippen MR) is 121 cm³/mol. The number of furan rings is 1. The Morgan fingerprint density at radius 3 is 2.55 bits per heavy atom. The minimum Gasteiger partial charge on any atom is -0.462 e. The molecule has 2 aromatic heterocycles. The van der Waals surface area contributed by atoms with Crippen LogP contribution in [0.2, 0.25) is 0 Å². The van der Waals surface area contributed by atoms with Crippen molar-refractivity contribution in [1.82, 2.24) is 24.4 Å². The fourth-order valence-corrected chi connectivity index (χ4v) is 5.38. The Hall–Kier alpha value is -2.96. The lowest BCUT2D eigenvalue weighted by Gasteiger charge is -2.34. The van der Waals surface area contributed by atoms with Crippen molar-refractivity contribution in [1.29, 1.82) is 0 Å². The highest BCUT2D eigenvalue weighted by atomic mass is 32.2. The molecule has 0 atom stereocenters. The van der Waals surface area contributed by atoms with E-state index >= 15 is 0 Å². The summed E-state index contributed by atoms with van der Waals surface area (Å²) in [6, 6.07) is 8.44. The Morgan fingerprint density at radius 2 is 1.88 bits per heavy atom. The number of piperazine rings is 1. The van der Waals surface area contributed by atoms with Gasteiger partial charge < -0.3 is 9.32 Å². The molecule has 1 aromatic carbocycles. The zero-order valence-corrected chi connectivity index (χ0v) is 19.4. The second-order valence-electron chi connectivity index (χ2n) is 7.31. The summed E-state index contributed by atoms with van der Waals surface area (Å²) in [5.74, 6) is 1.59. The number of thioether (sulfide) groups is 1. The largest absolute Gasteiger partial charge is 0.462 e. The highest BCUT2D eigenvalue weighted by Gasteiger charge is 2.30. The molecule has 1 fully saturated rings. The van der Waals surface area contributed by atoms with Crippen molar-refractivity contribution in [2.45, 2.75) is 17.0 Å². The van der Waals surface area contributed by atoms with E-state index in [4.69, 9.17) is 4.42 Å². The normalized spacial score (nSPS) is 15.4. The van der Waals surface area contributed by atoms with Crippen molar-refractivity contribution in [2.24, 2.45) is 0 Å². The zero-order chi connectivity index (χ0) is 23.4. The first-order chi connectivity index (χ1) is 15.8. The van der Waals surface area contributed by atoms with Gasteiger partial charge in [0.05, 0.1) is 10.6 Å². The second-order valence-corrected chi connectivity index (χ2v) is 10.2. The van der Waals surface area contributed by atoms with Crippen LogP contribution >= 0.6 is 11.8 Å². The Kier molecular flexibility index (Phi) is 6.96. The number of carbonyl (C=O) groups excluding carboxylic acids is 1. The Morgan fingerprint density at radius 1 is 1.15 bits per heavy atom. The van der Waals surface area contributed by atoms with Gasteiger partial charge in [0.15, 0.2) is 0 Å². The molecule has 33 heavy (non-hydrogen) atoms. The number of aromatic amines is 1. The third kappa shape index (κ3) is 5.70. The Balaban J connectivity index is 1.26. The number of carbonyl (C=O) groups is 1. The van der Waals surface area contributed by atoms with E-state index in [1.54, 1.807) is 17.1 Å². The fraction of sp³-hybridized carbons (Fsp3) is 0.286. The maximum atomic E-state index is 13.1. The Labute approximate surface area is 194 Å². The Bertz CT molecular complexity index is 1250. The summed E-state index contributed by atoms with van der Waals surface area (Å²) in [6.45, 7) is 2.78. The highest BCUT2D eigenvalue weighted by Crippen LogP contribution is 2.20. The van der Waals surface area contributed by atoms with Gasteiger partial charge in [-0.15, -0.1) is 5.10 Å². The number of halogens is 1. The van der Waals surface area contributed by atoms with Crippen molar-refractivity contribution in [3.63, 3.8) is 0 Å². The molecule has 1 amide bonds. The van der Waals surface area contributed by atoms with Gasteiger partial charge in [0.2, 0.25) is 21.1 Å². The van der Waals surface area contributed by atoms with Crippen molar-refractivity contribution in [2.75, 3.05) is 31.9 Å². The molecule has 0 radical (unpaired) electrons. The van der Waals surface area contributed by atoms with E-state index in [-0.39, 0.29) is 42.7 Å². The van der Waals surface area contributed by atoms with Crippen molar-refractivity contribution >= 4 is 39.8 Å². The van der Waals surface area contributed by atoms with Crippen LogP contribution in [0.15, 0.2) is 50.9 Å². The summed E-state index contributed by atoms with van der Waals surface area (Å²) in [5.41, 5.74) is 0. The summed E-state index contributed by atoms with van der Waals surface area (Å²) >= 11 is 1.20. The second kappa shape index (κ2) is 9.89. The number of aryl methyl sites for hydroxylation is 1. The van der Waals surface area contributed by atoms with E-state index < -0.39 is 15.8 Å². The molecule has 9 nitrogen and oxygen atoms in total. The van der Waals surface area contributed by atoms with Crippen molar-refractivity contribution < 1.29 is 22.0 Å². The van der Waals surface area contributed by atoms with E-state index in [0.29, 0.717) is 16.7 Å². The number of amides is 1. The summed E-state index contributed by atoms with van der Waals surface area (Å²) < 4.78 is 45.3. The molecule has 12 heteroatoms. The minimum absolute atomic E-state index is 0.0378. The molecule has 0 spiro atoms. The topological polar surface area (TPSA) is 112 Å². The van der Waals surface area contributed by atoms with E-state index in [1.807, 2.05) is 19.1 Å². The van der Waals surface area contributed by atoms with Crippen molar-refractivity contribution in [3.8, 4) is 0 Å². The first-order valence-corrected chi connectivity index (χ1v) is 12.6. The van der Waals surface area contributed by atoms with Crippen LogP contribution in [0.3, 0.4) is 0 Å². The monoisotopic (exact) mass is 491 g/mol. The van der Waals surface area contributed by atoms with Gasteiger partial charge >= 0.3 is 0 Å². The quantitative estimate of drug-likeness (QED) is 0.506. The maximum absolute atomic E-state index is 13.1. The molecule has 0 unspecified atom stereocenters. The molecule has 0 aliphatic carbocycles. The summed E-state index contributed by atoms with van der Waals surface area (Å²) in [5, 5.41) is 7.33. The van der Waals surface area contributed by atoms with Crippen LogP contribution in [0, 0.1) is 12.7 Å². The standard InChI is InChI=1S/C21H22FN5O4S2/c1-15-2-5-17(31-15)6-9-19-23-21(25-24-19)32-14-20(28)26-10-12-27(13-11-26)33(29,30)18-7-3-16(22)4-8-18/h2-9H,10-14H2,1H3,(H,23,24,25)/b9-6+. The summed E-state index contributed by atoms with van der Waals surface area (Å²) in [7, 11) is -3.72. The van der Waals surface area contributed by atoms with Crippen LogP contribution in [0.1, 0.15) is 17.3 Å². The van der Waals surface area contributed by atoms with Gasteiger partial charge in [-0.05, 0) is 55.5 Å². The molecule has 4 rings (SSSR count). The fourth-order valence-electron chi connectivity index (χ4n) is 3.25. The van der Waals surface area contributed by atoms with Crippen LogP contribution in [-0.4, -0.2) is 70.6 Å². The van der Waals surface area contributed by atoms with Gasteiger partial charge in [0, 0.05) is 26.2 Å². The molecule has 1 aliphatic rings. The van der Waals surface area contributed by atoms with E-state index in [0.717, 1.165) is 17.9 Å². The number of sulfonamides is 1. The average molecular weight is 492 g/mol. The molecule has 3 aromatic rings. The van der Waals surface area contributed by atoms with Crippen LogP contribution in [0.5, 0.6) is 0 Å². The number of nitrogens with zero attached hydrogens (tertiary/aromatic N) is 4. The van der Waals surface area contributed by atoms with Gasteiger partial charge in [-0.2, -0.15) is 4.31 Å². The third-order valence-corrected chi connectivity index (χ3v) is 7.76. The van der Waals surface area contributed by atoms with Gasteiger partial charge in [-0.1, -0.05) is 11.8 Å². The lowest BCUT2D eigenvalue weighted by molar-refractivity contribution is -0.129. The number of benzene rings is 1. The maximum Gasteiger partial charge on any atom is 0.243 e. The predicted octanol–water partition coefficient (Wildman–Crippen LogP) is 2.64. The van der Waals surface area contributed by atoms with Gasteiger partial charge in [-0.25, -0.2) is 17.8 Å². The molecular formula is C21H22FN5O4S2. The molecule has 0 bridgehead atoms. The minimum atomic E-state index is -3.72. The summed E-state index contributed by atoms with van der Waals surface area (Å²) in [6.07, 6.45) is 3.50. The lowest BCUT2D eigenvalue weighted by atomic mass is 10.3. The van der Waals surface area contributed by atoms with Gasteiger partial charge in [0.25, 0.3) is 0 Å². The molecule has 0 saturated carbocycles. The number of hydrogen-bond donors (Lipinski definition) is 1.